The van der Waals surface area contributed by atoms with Crippen LogP contribution >= 0.6 is 38.9 Å². The summed E-state index contributed by atoms with van der Waals surface area (Å²) in [6.07, 6.45) is 0. The van der Waals surface area contributed by atoms with Crippen LogP contribution in [-0.2, 0) is 4.79 Å². The quantitative estimate of drug-likeness (QED) is 0.808. The van der Waals surface area contributed by atoms with Crippen LogP contribution in [0.5, 0.6) is 0 Å². The number of halogens is 2. The highest BCUT2D eigenvalue weighted by atomic mass is 79.9. The van der Waals surface area contributed by atoms with Crippen LogP contribution < -0.4 is 5.32 Å². The van der Waals surface area contributed by atoms with Crippen LogP contribution in [0.25, 0.3) is 0 Å². The number of nitrogens with one attached hydrogen (secondary N) is 1. The lowest BCUT2D eigenvalue weighted by Gasteiger charge is -1.98. The molecule has 0 aromatic carbocycles. The van der Waals surface area contributed by atoms with Gasteiger partial charge < -0.3 is 5.32 Å². The molecule has 1 aromatic rings. The summed E-state index contributed by atoms with van der Waals surface area (Å²) in [6.45, 7) is 0. The van der Waals surface area contributed by atoms with E-state index in [0.29, 0.717) is 0 Å². The maximum atomic E-state index is 10.8. The molecule has 1 heterocycles. The van der Waals surface area contributed by atoms with Gasteiger partial charge in [0.15, 0.2) is 0 Å². The molecule has 0 fully saturated rings. The minimum Gasteiger partial charge on any atom is -0.323 e. The lowest BCUT2D eigenvalue weighted by molar-refractivity contribution is -0.113. The van der Waals surface area contributed by atoms with Crippen LogP contribution in [0.15, 0.2) is 15.2 Å². The Bertz CT molecular complexity index is 263. The first-order valence-corrected chi connectivity index (χ1v) is 5.08. The molecular weight excluding hydrogens is 249 g/mol. The summed E-state index contributed by atoms with van der Waals surface area (Å²) in [5, 5.41) is 6.37. The number of rotatable bonds is 2. The minimum absolute atomic E-state index is 0.0116. The van der Waals surface area contributed by atoms with E-state index in [0.717, 1.165) is 10.2 Å². The van der Waals surface area contributed by atoms with Crippen LogP contribution in [0.4, 0.5) is 5.69 Å². The third-order valence-corrected chi connectivity index (χ3v) is 2.96. The predicted octanol–water partition coefficient (Wildman–Crippen LogP) is 2.69. The number of anilines is 1. The fourth-order valence-electron chi connectivity index (χ4n) is 0.554. The van der Waals surface area contributed by atoms with Crippen molar-refractivity contribution < 1.29 is 4.79 Å². The van der Waals surface area contributed by atoms with Crippen molar-refractivity contribution in [2.75, 3.05) is 11.2 Å². The summed E-state index contributed by atoms with van der Waals surface area (Å²) in [5.41, 5.74) is 0.778. The van der Waals surface area contributed by atoms with Gasteiger partial charge in [0.2, 0.25) is 5.91 Å². The maximum Gasteiger partial charge on any atom is 0.239 e. The molecular formula is C6H5BrClNOS. The second-order valence-corrected chi connectivity index (χ2v) is 3.68. The Morgan fingerprint density at radius 1 is 1.73 bits per heavy atom. The van der Waals surface area contributed by atoms with Crippen molar-refractivity contribution in [3.63, 3.8) is 0 Å². The Hall–Kier alpha value is -0.0600. The van der Waals surface area contributed by atoms with Crippen molar-refractivity contribution in [1.29, 1.82) is 0 Å². The fourth-order valence-corrected chi connectivity index (χ4v) is 1.95. The van der Waals surface area contributed by atoms with E-state index < -0.39 is 0 Å². The van der Waals surface area contributed by atoms with Crippen LogP contribution in [-0.4, -0.2) is 11.8 Å². The largest absolute Gasteiger partial charge is 0.323 e. The van der Waals surface area contributed by atoms with E-state index >= 15 is 0 Å². The van der Waals surface area contributed by atoms with Crippen LogP contribution in [0, 0.1) is 0 Å². The summed E-state index contributed by atoms with van der Waals surface area (Å²) in [7, 11) is 0. The number of amides is 1. The van der Waals surface area contributed by atoms with E-state index in [1.54, 1.807) is 0 Å². The lowest BCUT2D eigenvalue weighted by Crippen LogP contribution is -2.11. The molecule has 1 aromatic heterocycles. The molecule has 0 saturated heterocycles. The standard InChI is InChI=1S/C6H5BrClNOS/c7-4-2-11-3-5(4)9-6(10)1-8/h2-3H,1H2,(H,9,10). The summed E-state index contributed by atoms with van der Waals surface area (Å²) in [6, 6.07) is 0. The second-order valence-electron chi connectivity index (χ2n) is 1.82. The van der Waals surface area contributed by atoms with E-state index in [2.05, 4.69) is 21.2 Å². The fraction of sp³-hybridized carbons (Fsp3) is 0.167. The van der Waals surface area contributed by atoms with Crippen molar-refractivity contribution in [2.24, 2.45) is 0 Å². The highest BCUT2D eigenvalue weighted by molar-refractivity contribution is 9.10. The second kappa shape index (κ2) is 4.09. The average molecular weight is 255 g/mol. The van der Waals surface area contributed by atoms with Crippen molar-refractivity contribution >= 4 is 50.5 Å². The van der Waals surface area contributed by atoms with Gasteiger partial charge in [-0.2, -0.15) is 0 Å². The van der Waals surface area contributed by atoms with Gasteiger partial charge in [0.25, 0.3) is 0 Å². The van der Waals surface area contributed by atoms with Gasteiger partial charge in [-0.1, -0.05) is 0 Å². The SMILES string of the molecule is O=C(CCl)Nc1cscc1Br. The van der Waals surface area contributed by atoms with Crippen LogP contribution in [0.3, 0.4) is 0 Å². The number of carbonyl (C=O) groups excluding carboxylic acids is 1. The Kier molecular flexibility index (Phi) is 3.36. The van der Waals surface area contributed by atoms with Crippen molar-refractivity contribution in [3.05, 3.63) is 15.2 Å². The van der Waals surface area contributed by atoms with Crippen LogP contribution in [0.1, 0.15) is 0 Å². The number of carbonyl (C=O) groups is 1. The van der Waals surface area contributed by atoms with E-state index in [-0.39, 0.29) is 11.8 Å². The zero-order valence-corrected chi connectivity index (χ0v) is 8.59. The molecule has 0 unspecified atom stereocenters. The molecule has 5 heteroatoms. The first-order valence-electron chi connectivity index (χ1n) is 2.81. The number of thiophene rings is 1. The highest BCUT2D eigenvalue weighted by Crippen LogP contribution is 2.26. The molecule has 0 atom stereocenters. The Balaban J connectivity index is 2.64. The van der Waals surface area contributed by atoms with Gasteiger partial charge in [-0.05, 0) is 15.9 Å². The summed E-state index contributed by atoms with van der Waals surface area (Å²) >= 11 is 10.1. The zero-order chi connectivity index (χ0) is 8.27. The van der Waals surface area contributed by atoms with E-state index in [1.807, 2.05) is 10.8 Å². The van der Waals surface area contributed by atoms with E-state index in [1.165, 1.54) is 11.3 Å². The lowest BCUT2D eigenvalue weighted by atomic mass is 10.5. The summed E-state index contributed by atoms with van der Waals surface area (Å²) in [4.78, 5) is 10.8. The Morgan fingerprint density at radius 2 is 2.45 bits per heavy atom. The number of alkyl halides is 1. The average Bonchev–Trinajstić information content (AvgIpc) is 2.37. The van der Waals surface area contributed by atoms with E-state index in [4.69, 9.17) is 11.6 Å². The van der Waals surface area contributed by atoms with E-state index in [9.17, 15) is 4.79 Å². The van der Waals surface area contributed by atoms with Crippen molar-refractivity contribution in [3.8, 4) is 0 Å². The summed E-state index contributed by atoms with van der Waals surface area (Å²) in [5.74, 6) is -0.201. The molecule has 0 saturated carbocycles. The zero-order valence-electron chi connectivity index (χ0n) is 5.43. The van der Waals surface area contributed by atoms with Gasteiger partial charge in [0.05, 0.1) is 10.2 Å². The first kappa shape index (κ1) is 9.03. The van der Waals surface area contributed by atoms with Gasteiger partial charge in [-0.25, -0.2) is 0 Å². The number of hydrogen-bond acceptors (Lipinski definition) is 2. The van der Waals surface area contributed by atoms with Crippen molar-refractivity contribution in [1.82, 2.24) is 0 Å². The monoisotopic (exact) mass is 253 g/mol. The topological polar surface area (TPSA) is 29.1 Å². The molecule has 0 spiro atoms. The third kappa shape index (κ3) is 2.47. The highest BCUT2D eigenvalue weighted by Gasteiger charge is 2.03. The first-order chi connectivity index (χ1) is 5.24. The van der Waals surface area contributed by atoms with Gasteiger partial charge >= 0.3 is 0 Å². The molecule has 0 aliphatic carbocycles. The smallest absolute Gasteiger partial charge is 0.239 e. The molecule has 60 valence electrons. The van der Waals surface area contributed by atoms with Gasteiger partial charge in [-0.3, -0.25) is 4.79 Å². The normalized spacial score (nSPS) is 9.64. The van der Waals surface area contributed by atoms with Gasteiger partial charge in [0, 0.05) is 10.8 Å². The van der Waals surface area contributed by atoms with Crippen molar-refractivity contribution in [2.45, 2.75) is 0 Å². The van der Waals surface area contributed by atoms with Gasteiger partial charge in [-0.15, -0.1) is 22.9 Å². The molecule has 0 aliphatic heterocycles. The third-order valence-electron chi connectivity index (χ3n) is 1.01. The molecule has 11 heavy (non-hydrogen) atoms. The summed E-state index contributed by atoms with van der Waals surface area (Å²) < 4.78 is 0.890. The molecule has 1 amide bonds. The Labute approximate surface area is 81.7 Å². The molecule has 0 radical (unpaired) electrons. The predicted molar refractivity (Wildman–Crippen MR) is 51.4 cm³/mol. The Morgan fingerprint density at radius 3 is 2.91 bits per heavy atom. The molecule has 0 bridgehead atoms. The molecule has 2 nitrogen and oxygen atoms in total. The van der Waals surface area contributed by atoms with Crippen LogP contribution in [0.2, 0.25) is 0 Å². The molecule has 1 N–H and O–H groups in total. The maximum absolute atomic E-state index is 10.8. The molecule has 1 rings (SSSR count). The van der Waals surface area contributed by atoms with Gasteiger partial charge in [0.1, 0.15) is 5.88 Å². The minimum atomic E-state index is -0.189. The number of hydrogen-bond donors (Lipinski definition) is 1. The molecule has 0 aliphatic rings.